The van der Waals surface area contributed by atoms with Gasteiger partial charge in [-0.3, -0.25) is 14.6 Å². The van der Waals surface area contributed by atoms with E-state index in [2.05, 4.69) is 15.3 Å². The number of carbonyl (C=O) groups is 2. The molecule has 2 aliphatic rings. The number of carbonyl (C=O) groups excluding carboxylic acids is 2. The summed E-state index contributed by atoms with van der Waals surface area (Å²) in [5, 5.41) is 2.84. The van der Waals surface area contributed by atoms with Crippen LogP contribution >= 0.6 is 0 Å². The summed E-state index contributed by atoms with van der Waals surface area (Å²) in [4.78, 5) is 36.5. The second-order valence-corrected chi connectivity index (χ2v) is 8.23. The minimum Gasteiger partial charge on any atom is -0.366 e. The zero-order valence-electron chi connectivity index (χ0n) is 17.6. The van der Waals surface area contributed by atoms with E-state index in [0.717, 1.165) is 31.5 Å². The van der Waals surface area contributed by atoms with Crippen molar-refractivity contribution < 1.29 is 22.8 Å². The van der Waals surface area contributed by atoms with Gasteiger partial charge in [-0.2, -0.15) is 13.2 Å². The third kappa shape index (κ3) is 4.84. The number of likely N-dealkylation sites (N-methyl/N-ethyl adjacent to an activating group) is 1. The van der Waals surface area contributed by atoms with E-state index in [1.807, 2.05) is 0 Å². The second-order valence-electron chi connectivity index (χ2n) is 8.23. The first kappa shape index (κ1) is 22.0. The molecule has 1 aliphatic heterocycles. The van der Waals surface area contributed by atoms with Crippen molar-refractivity contribution in [2.24, 2.45) is 5.92 Å². The van der Waals surface area contributed by atoms with Crippen LogP contribution < -0.4 is 5.32 Å². The van der Waals surface area contributed by atoms with E-state index in [1.165, 1.54) is 12.4 Å². The highest BCUT2D eigenvalue weighted by Crippen LogP contribution is 2.33. The van der Waals surface area contributed by atoms with Crippen LogP contribution in [0.25, 0.3) is 0 Å². The van der Waals surface area contributed by atoms with Gasteiger partial charge in [-0.1, -0.05) is 0 Å². The molecule has 0 bridgehead atoms. The van der Waals surface area contributed by atoms with Crippen LogP contribution in [0.15, 0.2) is 36.8 Å². The van der Waals surface area contributed by atoms with Crippen LogP contribution in [0.4, 0.5) is 19.0 Å². The van der Waals surface area contributed by atoms with Gasteiger partial charge in [-0.15, -0.1) is 0 Å². The van der Waals surface area contributed by atoms with Gasteiger partial charge in [0, 0.05) is 56.8 Å². The van der Waals surface area contributed by atoms with E-state index in [9.17, 15) is 22.8 Å². The molecule has 1 aliphatic carbocycles. The van der Waals surface area contributed by atoms with E-state index >= 15 is 0 Å². The van der Waals surface area contributed by atoms with Crippen molar-refractivity contribution in [2.45, 2.75) is 38.0 Å². The lowest BCUT2D eigenvalue weighted by molar-refractivity contribution is -0.138. The van der Waals surface area contributed by atoms with Crippen molar-refractivity contribution in [1.29, 1.82) is 0 Å². The number of pyridine rings is 2. The van der Waals surface area contributed by atoms with Crippen LogP contribution in [-0.4, -0.2) is 57.8 Å². The molecule has 2 fully saturated rings. The molecular weight excluding hydrogens is 423 g/mol. The number of nitrogens with one attached hydrogen (secondary N) is 1. The number of amides is 2. The summed E-state index contributed by atoms with van der Waals surface area (Å²) in [6.07, 6.45) is 1.85. The van der Waals surface area contributed by atoms with Crippen molar-refractivity contribution in [1.82, 2.24) is 19.8 Å². The maximum Gasteiger partial charge on any atom is 0.416 e. The maximum absolute atomic E-state index is 13.1. The fourth-order valence-corrected chi connectivity index (χ4v) is 3.88. The number of hydrogen-bond acceptors (Lipinski definition) is 5. The molecule has 0 aromatic carbocycles. The van der Waals surface area contributed by atoms with Gasteiger partial charge < -0.3 is 15.1 Å². The Hall–Kier alpha value is -3.17. The first-order chi connectivity index (χ1) is 15.2. The third-order valence-corrected chi connectivity index (χ3v) is 5.95. The number of rotatable bonds is 6. The molecule has 1 saturated carbocycles. The predicted molar refractivity (Wildman–Crippen MR) is 111 cm³/mol. The predicted octanol–water partition coefficient (Wildman–Crippen LogP) is 3.19. The smallest absolute Gasteiger partial charge is 0.366 e. The number of anilines is 1. The first-order valence-corrected chi connectivity index (χ1v) is 10.5. The SMILES string of the molecule is CN(C(=O)C1CC1)[C@H]1CCN(C(=O)c2ccc(NCc3cnccc3C(F)(F)F)nc2)C1. The summed E-state index contributed by atoms with van der Waals surface area (Å²) in [6, 6.07) is 4.11. The second kappa shape index (κ2) is 8.76. The monoisotopic (exact) mass is 447 g/mol. The Morgan fingerprint density at radius 1 is 1.19 bits per heavy atom. The molecule has 0 radical (unpaired) electrons. The maximum atomic E-state index is 13.1. The Kier molecular flexibility index (Phi) is 6.03. The molecule has 1 N–H and O–H groups in total. The van der Waals surface area contributed by atoms with Crippen molar-refractivity contribution in [3.05, 3.63) is 53.5 Å². The Morgan fingerprint density at radius 2 is 1.97 bits per heavy atom. The van der Waals surface area contributed by atoms with Crippen LogP contribution in [0.1, 0.15) is 40.7 Å². The standard InChI is InChI=1S/C22H24F3N5O2/c1-29(20(31)14-2-3-14)17-7-9-30(13-17)21(32)15-4-5-19(27-11-15)28-12-16-10-26-8-6-18(16)22(23,24)25/h4-6,8,10-11,14,17H,2-3,7,9,12-13H2,1H3,(H,27,28)/t17-/m0/s1. The van der Waals surface area contributed by atoms with Gasteiger partial charge >= 0.3 is 6.18 Å². The van der Waals surface area contributed by atoms with Gasteiger partial charge in [0.15, 0.2) is 0 Å². The number of nitrogens with zero attached hydrogens (tertiary/aromatic N) is 4. The fraction of sp³-hybridized carbons (Fsp3) is 0.455. The average Bonchev–Trinajstić information content (AvgIpc) is 3.52. The van der Waals surface area contributed by atoms with Crippen molar-refractivity contribution in [2.75, 3.05) is 25.5 Å². The fourth-order valence-electron chi connectivity index (χ4n) is 3.88. The Balaban J connectivity index is 1.34. The van der Waals surface area contributed by atoms with Crippen LogP contribution in [0.3, 0.4) is 0 Å². The Bertz CT molecular complexity index is 992. The van der Waals surface area contributed by atoms with E-state index in [0.29, 0.717) is 24.5 Å². The molecule has 2 aromatic rings. The normalized spacial score (nSPS) is 18.5. The van der Waals surface area contributed by atoms with Crippen LogP contribution in [0, 0.1) is 5.92 Å². The third-order valence-electron chi connectivity index (χ3n) is 5.95. The molecule has 2 amide bonds. The summed E-state index contributed by atoms with van der Waals surface area (Å²) in [5.74, 6) is 0.481. The zero-order chi connectivity index (χ0) is 22.9. The van der Waals surface area contributed by atoms with Crippen molar-refractivity contribution >= 4 is 17.6 Å². The lowest BCUT2D eigenvalue weighted by atomic mass is 10.1. The van der Waals surface area contributed by atoms with Gasteiger partial charge in [-0.25, -0.2) is 4.98 Å². The lowest BCUT2D eigenvalue weighted by Crippen LogP contribution is -2.40. The Morgan fingerprint density at radius 3 is 2.62 bits per heavy atom. The molecule has 2 aromatic heterocycles. The minimum atomic E-state index is -4.46. The molecule has 10 heteroatoms. The van der Waals surface area contributed by atoms with Crippen LogP contribution in [0.2, 0.25) is 0 Å². The van der Waals surface area contributed by atoms with E-state index in [1.54, 1.807) is 29.0 Å². The molecule has 32 heavy (non-hydrogen) atoms. The molecule has 7 nitrogen and oxygen atoms in total. The highest BCUT2D eigenvalue weighted by atomic mass is 19.4. The van der Waals surface area contributed by atoms with Crippen LogP contribution in [-0.2, 0) is 17.5 Å². The van der Waals surface area contributed by atoms with E-state index < -0.39 is 11.7 Å². The number of hydrogen-bond donors (Lipinski definition) is 1. The van der Waals surface area contributed by atoms with Crippen LogP contribution in [0.5, 0.6) is 0 Å². The molecular formula is C22H24F3N5O2. The zero-order valence-corrected chi connectivity index (χ0v) is 17.6. The van der Waals surface area contributed by atoms with Gasteiger partial charge in [-0.05, 0) is 37.5 Å². The van der Waals surface area contributed by atoms with E-state index in [4.69, 9.17) is 0 Å². The van der Waals surface area contributed by atoms with E-state index in [-0.39, 0.29) is 35.9 Å². The molecule has 0 spiro atoms. The molecule has 1 atom stereocenters. The molecule has 1 saturated heterocycles. The highest BCUT2D eigenvalue weighted by Gasteiger charge is 2.37. The summed E-state index contributed by atoms with van der Waals surface area (Å²) >= 11 is 0. The summed E-state index contributed by atoms with van der Waals surface area (Å²) in [5.41, 5.74) is -0.347. The van der Waals surface area contributed by atoms with Gasteiger partial charge in [0.25, 0.3) is 5.91 Å². The molecule has 0 unspecified atom stereocenters. The highest BCUT2D eigenvalue weighted by molar-refractivity contribution is 5.94. The number of aromatic nitrogens is 2. The average molecular weight is 447 g/mol. The summed E-state index contributed by atoms with van der Waals surface area (Å²) in [7, 11) is 1.80. The van der Waals surface area contributed by atoms with Gasteiger partial charge in [0.1, 0.15) is 5.82 Å². The largest absolute Gasteiger partial charge is 0.416 e. The Labute approximate surface area is 183 Å². The quantitative estimate of drug-likeness (QED) is 0.736. The number of alkyl halides is 3. The van der Waals surface area contributed by atoms with Gasteiger partial charge in [0.05, 0.1) is 17.2 Å². The topological polar surface area (TPSA) is 78.4 Å². The van der Waals surface area contributed by atoms with Gasteiger partial charge in [0.2, 0.25) is 5.91 Å². The van der Waals surface area contributed by atoms with Crippen molar-refractivity contribution in [3.8, 4) is 0 Å². The number of likely N-dealkylation sites (tertiary alicyclic amines) is 1. The lowest BCUT2D eigenvalue weighted by Gasteiger charge is -2.25. The minimum absolute atomic E-state index is 0.00919. The molecule has 170 valence electrons. The summed E-state index contributed by atoms with van der Waals surface area (Å²) < 4.78 is 39.3. The van der Waals surface area contributed by atoms with Crippen molar-refractivity contribution in [3.63, 3.8) is 0 Å². The molecule has 3 heterocycles. The molecule has 4 rings (SSSR count). The number of halogens is 3. The first-order valence-electron chi connectivity index (χ1n) is 10.5. The summed E-state index contributed by atoms with van der Waals surface area (Å²) in [6.45, 7) is 0.945.